The highest BCUT2D eigenvalue weighted by Crippen LogP contribution is 2.25. The molecule has 0 radical (unpaired) electrons. The van der Waals surface area contributed by atoms with Gasteiger partial charge in [0.15, 0.2) is 5.82 Å². The number of anilines is 2. The van der Waals surface area contributed by atoms with Crippen molar-refractivity contribution in [3.05, 3.63) is 65.4 Å². The first kappa shape index (κ1) is 20.3. The van der Waals surface area contributed by atoms with Crippen molar-refractivity contribution in [2.45, 2.75) is 19.4 Å². The predicted molar refractivity (Wildman–Crippen MR) is 128 cm³/mol. The monoisotopic (exact) mass is 445 g/mol. The summed E-state index contributed by atoms with van der Waals surface area (Å²) in [7, 11) is 0. The first-order valence-electron chi connectivity index (χ1n) is 10.4. The van der Waals surface area contributed by atoms with Crippen LogP contribution in [0, 0.1) is 0 Å². The summed E-state index contributed by atoms with van der Waals surface area (Å²) in [6.45, 7) is 2.17. The van der Waals surface area contributed by atoms with E-state index < -0.39 is 0 Å². The normalized spacial score (nSPS) is 11.4. The van der Waals surface area contributed by atoms with E-state index in [-0.39, 0.29) is 0 Å². The molecule has 10 heteroatoms. The SMILES string of the molecule is Nc1cccnc1CNc1ncnc2sc(CCNCCc3nc4ccccc4[nH]3)nc12. The van der Waals surface area contributed by atoms with Gasteiger partial charge >= 0.3 is 0 Å². The fourth-order valence-corrected chi connectivity index (χ4v) is 4.35. The number of aromatic amines is 1. The molecule has 0 aliphatic rings. The van der Waals surface area contributed by atoms with E-state index in [9.17, 15) is 0 Å². The largest absolute Gasteiger partial charge is 0.397 e. The van der Waals surface area contributed by atoms with E-state index in [1.54, 1.807) is 23.9 Å². The number of H-pyrrole nitrogens is 1. The molecular formula is C22H23N9S. The van der Waals surface area contributed by atoms with E-state index in [0.29, 0.717) is 18.1 Å². The van der Waals surface area contributed by atoms with Crippen molar-refractivity contribution in [3.63, 3.8) is 0 Å². The summed E-state index contributed by atoms with van der Waals surface area (Å²) in [4.78, 5) is 26.6. The van der Waals surface area contributed by atoms with Crippen LogP contribution < -0.4 is 16.4 Å². The number of fused-ring (bicyclic) bond motifs is 2. The predicted octanol–water partition coefficient (Wildman–Crippen LogP) is 2.93. The fourth-order valence-electron chi connectivity index (χ4n) is 3.45. The summed E-state index contributed by atoms with van der Waals surface area (Å²) >= 11 is 1.59. The van der Waals surface area contributed by atoms with Gasteiger partial charge in [0.05, 0.1) is 34.0 Å². The van der Waals surface area contributed by atoms with Crippen LogP contribution in [-0.2, 0) is 19.4 Å². The lowest BCUT2D eigenvalue weighted by Gasteiger charge is -2.07. The van der Waals surface area contributed by atoms with Crippen LogP contribution in [0.25, 0.3) is 21.4 Å². The quantitative estimate of drug-likeness (QED) is 0.255. The van der Waals surface area contributed by atoms with Crippen LogP contribution in [0.3, 0.4) is 0 Å². The Kier molecular flexibility index (Phi) is 5.86. The molecule has 9 nitrogen and oxygen atoms in total. The molecule has 5 aromatic rings. The Bertz CT molecular complexity index is 1310. The molecule has 0 saturated carbocycles. The van der Waals surface area contributed by atoms with Crippen molar-refractivity contribution in [3.8, 4) is 0 Å². The number of rotatable bonds is 9. The van der Waals surface area contributed by atoms with Crippen molar-refractivity contribution in [1.29, 1.82) is 0 Å². The Morgan fingerprint density at radius 1 is 0.969 bits per heavy atom. The number of imidazole rings is 1. The van der Waals surface area contributed by atoms with Gasteiger partial charge in [-0.1, -0.05) is 23.5 Å². The van der Waals surface area contributed by atoms with Gasteiger partial charge in [0.2, 0.25) is 0 Å². The Hall–Kier alpha value is -3.63. The van der Waals surface area contributed by atoms with E-state index in [1.165, 1.54) is 0 Å². The lowest BCUT2D eigenvalue weighted by atomic mass is 10.3. The maximum Gasteiger partial charge on any atom is 0.157 e. The molecule has 32 heavy (non-hydrogen) atoms. The molecule has 4 aromatic heterocycles. The van der Waals surface area contributed by atoms with Crippen LogP contribution in [0.4, 0.5) is 11.5 Å². The van der Waals surface area contributed by atoms with Gasteiger partial charge in [-0.3, -0.25) is 4.98 Å². The lowest BCUT2D eigenvalue weighted by molar-refractivity contribution is 0.670. The van der Waals surface area contributed by atoms with Crippen molar-refractivity contribution >= 4 is 44.2 Å². The highest BCUT2D eigenvalue weighted by molar-refractivity contribution is 7.18. The molecule has 162 valence electrons. The number of nitrogens with one attached hydrogen (secondary N) is 3. The topological polar surface area (TPSA) is 130 Å². The van der Waals surface area contributed by atoms with Gasteiger partial charge in [0.25, 0.3) is 0 Å². The van der Waals surface area contributed by atoms with Gasteiger partial charge < -0.3 is 21.4 Å². The van der Waals surface area contributed by atoms with Crippen molar-refractivity contribution in [2.75, 3.05) is 24.1 Å². The van der Waals surface area contributed by atoms with E-state index >= 15 is 0 Å². The van der Waals surface area contributed by atoms with Crippen molar-refractivity contribution in [1.82, 2.24) is 35.2 Å². The van der Waals surface area contributed by atoms with Gasteiger partial charge in [-0.15, -0.1) is 0 Å². The van der Waals surface area contributed by atoms with Gasteiger partial charge in [0.1, 0.15) is 22.5 Å². The average Bonchev–Trinajstić information content (AvgIpc) is 3.42. The molecular weight excluding hydrogens is 422 g/mol. The Balaban J connectivity index is 1.15. The van der Waals surface area contributed by atoms with Gasteiger partial charge in [-0.2, -0.15) is 0 Å². The van der Waals surface area contributed by atoms with Crippen LogP contribution in [0.5, 0.6) is 0 Å². The molecule has 5 rings (SSSR count). The number of hydrogen-bond acceptors (Lipinski definition) is 9. The average molecular weight is 446 g/mol. The second kappa shape index (κ2) is 9.25. The Labute approximate surface area is 188 Å². The van der Waals surface area contributed by atoms with E-state index in [2.05, 4.69) is 35.6 Å². The zero-order chi connectivity index (χ0) is 21.8. The smallest absolute Gasteiger partial charge is 0.157 e. The third kappa shape index (κ3) is 4.51. The number of nitrogen functional groups attached to an aromatic ring is 1. The van der Waals surface area contributed by atoms with Crippen molar-refractivity contribution in [2.24, 2.45) is 0 Å². The molecule has 0 fully saturated rings. The number of pyridine rings is 1. The van der Waals surface area contributed by atoms with Crippen LogP contribution in [0.15, 0.2) is 48.9 Å². The molecule has 0 spiro atoms. The zero-order valence-electron chi connectivity index (χ0n) is 17.4. The summed E-state index contributed by atoms with van der Waals surface area (Å²) in [6.07, 6.45) is 4.96. The number of aromatic nitrogens is 6. The molecule has 0 aliphatic carbocycles. The highest BCUT2D eigenvalue weighted by Gasteiger charge is 2.11. The third-order valence-corrected chi connectivity index (χ3v) is 6.10. The molecule has 4 heterocycles. The minimum Gasteiger partial charge on any atom is -0.397 e. The van der Waals surface area contributed by atoms with E-state index in [4.69, 9.17) is 10.7 Å². The molecule has 0 aliphatic heterocycles. The minimum atomic E-state index is 0.481. The van der Waals surface area contributed by atoms with Crippen LogP contribution >= 0.6 is 11.3 Å². The molecule has 0 unspecified atom stereocenters. The van der Waals surface area contributed by atoms with Crippen LogP contribution in [0.2, 0.25) is 0 Å². The standard InChI is InChI=1S/C22H23N9S/c23-14-4-3-9-25-17(14)12-26-21-20-22(28-13-27-21)32-19(31-20)8-11-24-10-7-18-29-15-5-1-2-6-16(15)30-18/h1-6,9,13,24H,7-8,10-12,23H2,(H,29,30)(H,26,27,28). The Morgan fingerprint density at radius 3 is 2.78 bits per heavy atom. The lowest BCUT2D eigenvalue weighted by Crippen LogP contribution is -2.20. The summed E-state index contributed by atoms with van der Waals surface area (Å²) in [5.74, 6) is 1.69. The number of nitrogens with zero attached hydrogens (tertiary/aromatic N) is 5. The van der Waals surface area contributed by atoms with Gasteiger partial charge in [-0.05, 0) is 24.3 Å². The molecule has 0 amide bonds. The van der Waals surface area contributed by atoms with E-state index in [1.807, 2.05) is 36.4 Å². The Morgan fingerprint density at radius 2 is 1.88 bits per heavy atom. The third-order valence-electron chi connectivity index (χ3n) is 5.08. The first-order valence-corrected chi connectivity index (χ1v) is 11.3. The number of para-hydroxylation sites is 2. The molecule has 0 saturated heterocycles. The minimum absolute atomic E-state index is 0.481. The number of nitrogens with two attached hydrogens (primary N) is 1. The second-order valence-corrected chi connectivity index (χ2v) is 8.39. The fraction of sp³-hybridized carbons (Fsp3) is 0.227. The molecule has 0 bridgehead atoms. The molecule has 1 aromatic carbocycles. The summed E-state index contributed by atoms with van der Waals surface area (Å²) in [6, 6.07) is 11.7. The zero-order valence-corrected chi connectivity index (χ0v) is 18.2. The van der Waals surface area contributed by atoms with Gasteiger partial charge in [-0.25, -0.2) is 19.9 Å². The maximum atomic E-state index is 5.98. The van der Waals surface area contributed by atoms with Gasteiger partial charge in [0, 0.05) is 32.1 Å². The highest BCUT2D eigenvalue weighted by atomic mass is 32.1. The first-order chi connectivity index (χ1) is 15.8. The van der Waals surface area contributed by atoms with Crippen LogP contribution in [-0.4, -0.2) is 43.0 Å². The number of thiazole rings is 1. The number of hydrogen-bond donors (Lipinski definition) is 4. The second-order valence-electron chi connectivity index (χ2n) is 7.33. The summed E-state index contributed by atoms with van der Waals surface area (Å²) < 4.78 is 0. The maximum absolute atomic E-state index is 5.98. The van der Waals surface area contributed by atoms with E-state index in [0.717, 1.165) is 63.8 Å². The summed E-state index contributed by atoms with van der Waals surface area (Å²) in [5.41, 5.74) is 10.3. The molecule has 5 N–H and O–H groups in total. The van der Waals surface area contributed by atoms with Crippen LogP contribution in [0.1, 0.15) is 16.5 Å². The summed E-state index contributed by atoms with van der Waals surface area (Å²) in [5, 5.41) is 7.78. The van der Waals surface area contributed by atoms with Crippen molar-refractivity contribution < 1.29 is 0 Å². The molecule has 0 atom stereocenters. The number of benzene rings is 1.